The molecule has 2 rings (SSSR count). The SMILES string of the molecule is CC(C)C(=O)N1CCCC[C@H]1C(=O)N[C@H](C)c1ccc(OC(F)F)cc1. The van der Waals surface area contributed by atoms with E-state index in [9.17, 15) is 18.4 Å². The molecule has 0 aliphatic carbocycles. The van der Waals surface area contributed by atoms with Gasteiger partial charge < -0.3 is 15.0 Å². The number of nitrogens with zero attached hydrogens (tertiary/aromatic N) is 1. The van der Waals surface area contributed by atoms with Gasteiger partial charge in [-0.1, -0.05) is 26.0 Å². The number of carbonyl (C=O) groups is 2. The minimum atomic E-state index is -2.87. The second-order valence-corrected chi connectivity index (χ2v) is 6.88. The summed E-state index contributed by atoms with van der Waals surface area (Å²) >= 11 is 0. The summed E-state index contributed by atoms with van der Waals surface area (Å²) in [4.78, 5) is 26.7. The molecule has 0 aromatic heterocycles. The molecule has 5 nitrogen and oxygen atoms in total. The Morgan fingerprint density at radius 2 is 1.81 bits per heavy atom. The summed E-state index contributed by atoms with van der Waals surface area (Å²) in [5, 5.41) is 2.93. The van der Waals surface area contributed by atoms with Crippen LogP contribution in [0.4, 0.5) is 8.78 Å². The van der Waals surface area contributed by atoms with Gasteiger partial charge in [-0.05, 0) is 43.9 Å². The molecule has 2 atom stereocenters. The van der Waals surface area contributed by atoms with Crippen LogP contribution < -0.4 is 10.1 Å². The van der Waals surface area contributed by atoms with E-state index < -0.39 is 12.7 Å². The summed E-state index contributed by atoms with van der Waals surface area (Å²) < 4.78 is 28.7. The first-order valence-corrected chi connectivity index (χ1v) is 8.95. The fourth-order valence-corrected chi connectivity index (χ4v) is 3.13. The first kappa shape index (κ1) is 20.1. The van der Waals surface area contributed by atoms with E-state index in [4.69, 9.17) is 0 Å². The van der Waals surface area contributed by atoms with Crippen LogP contribution in [-0.2, 0) is 9.59 Å². The topological polar surface area (TPSA) is 58.6 Å². The number of ether oxygens (including phenoxy) is 1. The molecule has 26 heavy (non-hydrogen) atoms. The lowest BCUT2D eigenvalue weighted by Crippen LogP contribution is -2.53. The monoisotopic (exact) mass is 368 g/mol. The lowest BCUT2D eigenvalue weighted by atomic mass is 9.98. The summed E-state index contributed by atoms with van der Waals surface area (Å²) in [6, 6.07) is 5.41. The molecular formula is C19H26F2N2O3. The zero-order valence-electron chi connectivity index (χ0n) is 15.4. The highest BCUT2D eigenvalue weighted by Gasteiger charge is 2.33. The molecule has 0 unspecified atom stereocenters. The maximum Gasteiger partial charge on any atom is 0.387 e. The van der Waals surface area contributed by atoms with Crippen LogP contribution in [0.25, 0.3) is 0 Å². The molecule has 1 aromatic carbocycles. The highest BCUT2D eigenvalue weighted by Crippen LogP contribution is 2.22. The summed E-state index contributed by atoms with van der Waals surface area (Å²) in [7, 11) is 0. The Kier molecular flexibility index (Phi) is 6.94. The summed E-state index contributed by atoms with van der Waals surface area (Å²) in [6.07, 6.45) is 2.47. The number of carbonyl (C=O) groups excluding carboxylic acids is 2. The number of amides is 2. The molecule has 1 aliphatic heterocycles. The predicted molar refractivity (Wildman–Crippen MR) is 93.8 cm³/mol. The van der Waals surface area contributed by atoms with Crippen LogP contribution in [0.1, 0.15) is 51.6 Å². The number of likely N-dealkylation sites (tertiary alicyclic amines) is 1. The molecule has 0 radical (unpaired) electrons. The van der Waals surface area contributed by atoms with Crippen molar-refractivity contribution in [3.05, 3.63) is 29.8 Å². The molecule has 1 heterocycles. The molecule has 144 valence electrons. The van der Waals surface area contributed by atoms with Gasteiger partial charge in [0, 0.05) is 12.5 Å². The first-order valence-electron chi connectivity index (χ1n) is 8.95. The van der Waals surface area contributed by atoms with Crippen molar-refractivity contribution >= 4 is 11.8 Å². The van der Waals surface area contributed by atoms with E-state index in [1.54, 1.807) is 17.0 Å². The lowest BCUT2D eigenvalue weighted by molar-refractivity contribution is -0.144. The van der Waals surface area contributed by atoms with Gasteiger partial charge in [-0.15, -0.1) is 0 Å². The second-order valence-electron chi connectivity index (χ2n) is 6.88. The molecule has 1 N–H and O–H groups in total. The van der Waals surface area contributed by atoms with E-state index in [2.05, 4.69) is 10.1 Å². The van der Waals surface area contributed by atoms with Crippen LogP contribution in [0.15, 0.2) is 24.3 Å². The van der Waals surface area contributed by atoms with Gasteiger partial charge in [0.25, 0.3) is 0 Å². The minimum absolute atomic E-state index is 0.00833. The largest absolute Gasteiger partial charge is 0.435 e. The van der Waals surface area contributed by atoms with Gasteiger partial charge in [0.15, 0.2) is 0 Å². The number of nitrogens with one attached hydrogen (secondary N) is 1. The Bertz CT molecular complexity index is 620. The van der Waals surface area contributed by atoms with Crippen molar-refractivity contribution in [1.82, 2.24) is 10.2 Å². The Labute approximate surface area is 152 Å². The van der Waals surface area contributed by atoms with Crippen molar-refractivity contribution < 1.29 is 23.1 Å². The van der Waals surface area contributed by atoms with E-state index >= 15 is 0 Å². The molecule has 1 saturated heterocycles. The summed E-state index contributed by atoms with van der Waals surface area (Å²) in [5.41, 5.74) is 0.775. The van der Waals surface area contributed by atoms with Crippen LogP contribution in [0, 0.1) is 5.92 Å². The van der Waals surface area contributed by atoms with Gasteiger partial charge in [0.05, 0.1) is 6.04 Å². The molecule has 1 aliphatic rings. The first-order chi connectivity index (χ1) is 12.3. The highest BCUT2D eigenvalue weighted by molar-refractivity contribution is 5.88. The fourth-order valence-electron chi connectivity index (χ4n) is 3.13. The molecule has 0 saturated carbocycles. The zero-order valence-corrected chi connectivity index (χ0v) is 15.4. The van der Waals surface area contributed by atoms with E-state index in [1.165, 1.54) is 12.1 Å². The third-order valence-electron chi connectivity index (χ3n) is 4.55. The Hall–Kier alpha value is -2.18. The standard InChI is InChI=1S/C19H26F2N2O3/c1-12(2)18(25)23-11-5-4-6-16(23)17(24)22-13(3)14-7-9-15(10-8-14)26-19(20)21/h7-10,12-13,16,19H,4-6,11H2,1-3H3,(H,22,24)/t13-,16+/m1/s1. The smallest absolute Gasteiger partial charge is 0.387 e. The van der Waals surface area contributed by atoms with Gasteiger partial charge in [0.1, 0.15) is 11.8 Å². The van der Waals surface area contributed by atoms with Crippen molar-refractivity contribution in [3.63, 3.8) is 0 Å². The third kappa shape index (κ3) is 5.16. The molecule has 1 fully saturated rings. The Balaban J connectivity index is 2.01. The normalized spacial score (nSPS) is 18.7. The van der Waals surface area contributed by atoms with Crippen molar-refractivity contribution in [2.75, 3.05) is 6.54 Å². The fraction of sp³-hybridized carbons (Fsp3) is 0.579. The third-order valence-corrected chi connectivity index (χ3v) is 4.55. The molecule has 2 amide bonds. The van der Waals surface area contributed by atoms with Crippen LogP contribution in [0.2, 0.25) is 0 Å². The van der Waals surface area contributed by atoms with E-state index in [-0.39, 0.29) is 29.5 Å². The highest BCUT2D eigenvalue weighted by atomic mass is 19.3. The predicted octanol–water partition coefficient (Wildman–Crippen LogP) is 3.50. The van der Waals surface area contributed by atoms with Crippen LogP contribution in [0.5, 0.6) is 5.75 Å². The number of rotatable bonds is 6. The lowest BCUT2D eigenvalue weighted by Gasteiger charge is -2.36. The van der Waals surface area contributed by atoms with Gasteiger partial charge in [-0.25, -0.2) is 0 Å². The van der Waals surface area contributed by atoms with Crippen LogP contribution >= 0.6 is 0 Å². The van der Waals surface area contributed by atoms with Gasteiger partial charge in [0.2, 0.25) is 11.8 Å². The molecule has 1 aromatic rings. The van der Waals surface area contributed by atoms with Crippen LogP contribution in [0.3, 0.4) is 0 Å². The Morgan fingerprint density at radius 3 is 2.38 bits per heavy atom. The van der Waals surface area contributed by atoms with Gasteiger partial charge in [-0.3, -0.25) is 9.59 Å². The number of hydrogen-bond acceptors (Lipinski definition) is 3. The average Bonchev–Trinajstić information content (AvgIpc) is 2.61. The zero-order chi connectivity index (χ0) is 19.3. The summed E-state index contributed by atoms with van der Waals surface area (Å²) in [6.45, 7) is 3.21. The second kappa shape index (κ2) is 8.96. The number of benzene rings is 1. The molecule has 0 spiro atoms. The van der Waals surface area contributed by atoms with Gasteiger partial charge in [-0.2, -0.15) is 8.78 Å². The molecule has 0 bridgehead atoms. The van der Waals surface area contributed by atoms with Crippen molar-refractivity contribution in [2.45, 2.75) is 58.7 Å². The summed E-state index contributed by atoms with van der Waals surface area (Å²) in [5.74, 6) is -0.267. The molecular weight excluding hydrogens is 342 g/mol. The Morgan fingerprint density at radius 1 is 1.15 bits per heavy atom. The molecule has 7 heteroatoms. The van der Waals surface area contributed by atoms with Crippen molar-refractivity contribution in [1.29, 1.82) is 0 Å². The number of halogens is 2. The van der Waals surface area contributed by atoms with Crippen molar-refractivity contribution in [2.24, 2.45) is 5.92 Å². The van der Waals surface area contributed by atoms with Gasteiger partial charge >= 0.3 is 6.61 Å². The van der Waals surface area contributed by atoms with Crippen LogP contribution in [-0.4, -0.2) is 35.9 Å². The van der Waals surface area contributed by atoms with Crippen molar-refractivity contribution in [3.8, 4) is 5.75 Å². The number of alkyl halides is 2. The van der Waals surface area contributed by atoms with E-state index in [0.29, 0.717) is 13.0 Å². The maximum absolute atomic E-state index is 12.7. The van der Waals surface area contributed by atoms with E-state index in [1.807, 2.05) is 20.8 Å². The average molecular weight is 368 g/mol. The maximum atomic E-state index is 12.7. The number of hydrogen-bond donors (Lipinski definition) is 1. The number of piperidine rings is 1. The van der Waals surface area contributed by atoms with E-state index in [0.717, 1.165) is 18.4 Å². The minimum Gasteiger partial charge on any atom is -0.435 e. The quantitative estimate of drug-likeness (QED) is 0.836.